The van der Waals surface area contributed by atoms with Crippen molar-refractivity contribution in [3.8, 4) is 28.8 Å². The number of aromatic nitrogens is 5. The summed E-state index contributed by atoms with van der Waals surface area (Å²) in [5, 5.41) is 14.3. The third-order valence-electron chi connectivity index (χ3n) is 7.25. The standard InChI is InChI=1S/C34H27BrFN7O2/c1-44-26-13-9-22(10-14-26)20-42(21-23-11-15-27(45-2)16-12-23)33-34-39-29(18-25-7-3-4-17-38-25)41-43(34)32(35)31(40-33)28-8-5-6-24(19-37)30(28)36/h3-17H,18,20-21H2,1-2H3. The summed E-state index contributed by atoms with van der Waals surface area (Å²) >= 11 is 3.63. The second-order valence-electron chi connectivity index (χ2n) is 10.2. The van der Waals surface area contributed by atoms with Crippen LogP contribution in [0.15, 0.2) is 95.7 Å². The fraction of sp³-hybridized carbons (Fsp3) is 0.147. The summed E-state index contributed by atoms with van der Waals surface area (Å²) in [5.41, 5.74) is 3.66. The Bertz CT molecular complexity index is 1940. The molecule has 0 N–H and O–H groups in total. The molecule has 9 nitrogen and oxygen atoms in total. The predicted molar refractivity (Wildman–Crippen MR) is 172 cm³/mol. The van der Waals surface area contributed by atoms with Gasteiger partial charge in [-0.25, -0.2) is 18.9 Å². The van der Waals surface area contributed by atoms with E-state index in [1.807, 2.05) is 72.8 Å². The summed E-state index contributed by atoms with van der Waals surface area (Å²) in [7, 11) is 3.26. The molecular weight excluding hydrogens is 637 g/mol. The average molecular weight is 665 g/mol. The van der Waals surface area contributed by atoms with Gasteiger partial charge in [-0.05, 0) is 75.6 Å². The number of methoxy groups -OCH3 is 2. The van der Waals surface area contributed by atoms with E-state index in [4.69, 9.17) is 24.5 Å². The SMILES string of the molecule is COc1ccc(CN(Cc2ccc(OC)cc2)c2nc(-c3cccc(C#N)c3F)c(Br)n3nc(Cc4ccccn4)nc23)cc1. The summed E-state index contributed by atoms with van der Waals surface area (Å²) in [6, 6.07) is 27.8. The Morgan fingerprint density at radius 2 is 1.53 bits per heavy atom. The van der Waals surface area contributed by atoms with E-state index in [9.17, 15) is 5.26 Å². The van der Waals surface area contributed by atoms with Gasteiger partial charge in [0.1, 0.15) is 33.7 Å². The molecule has 0 saturated heterocycles. The van der Waals surface area contributed by atoms with Gasteiger partial charge in [0.15, 0.2) is 17.3 Å². The number of fused-ring (bicyclic) bond motifs is 1. The zero-order valence-corrected chi connectivity index (χ0v) is 26.1. The molecule has 3 aromatic carbocycles. The maximum absolute atomic E-state index is 15.6. The van der Waals surface area contributed by atoms with E-state index in [0.717, 1.165) is 28.3 Å². The van der Waals surface area contributed by atoms with Crippen LogP contribution in [0.1, 0.15) is 28.2 Å². The Balaban J connectivity index is 1.54. The molecule has 45 heavy (non-hydrogen) atoms. The highest BCUT2D eigenvalue weighted by atomic mass is 79.9. The number of ether oxygens (including phenoxy) is 2. The van der Waals surface area contributed by atoms with Crippen LogP contribution in [0.2, 0.25) is 0 Å². The Kier molecular flexibility index (Phi) is 8.66. The molecule has 224 valence electrons. The first-order valence-electron chi connectivity index (χ1n) is 14.0. The fourth-order valence-corrected chi connectivity index (χ4v) is 5.52. The summed E-state index contributed by atoms with van der Waals surface area (Å²) in [6.07, 6.45) is 2.11. The van der Waals surface area contributed by atoms with Crippen molar-refractivity contribution in [2.75, 3.05) is 19.1 Å². The van der Waals surface area contributed by atoms with Crippen LogP contribution in [-0.2, 0) is 19.5 Å². The largest absolute Gasteiger partial charge is 0.497 e. The van der Waals surface area contributed by atoms with Crippen molar-refractivity contribution in [3.05, 3.63) is 130 Å². The number of pyridine rings is 1. The van der Waals surface area contributed by atoms with Gasteiger partial charge in [-0.1, -0.05) is 36.4 Å². The average Bonchev–Trinajstić information content (AvgIpc) is 3.50. The first-order valence-corrected chi connectivity index (χ1v) is 14.8. The molecule has 11 heteroatoms. The van der Waals surface area contributed by atoms with Crippen LogP contribution < -0.4 is 14.4 Å². The van der Waals surface area contributed by atoms with Crippen molar-refractivity contribution in [1.29, 1.82) is 5.26 Å². The Hall–Kier alpha value is -5.34. The summed E-state index contributed by atoms with van der Waals surface area (Å²) in [4.78, 5) is 16.4. The smallest absolute Gasteiger partial charge is 0.199 e. The van der Waals surface area contributed by atoms with E-state index in [-0.39, 0.29) is 16.8 Å². The molecule has 3 heterocycles. The number of benzene rings is 3. The van der Waals surface area contributed by atoms with E-state index < -0.39 is 5.82 Å². The number of rotatable bonds is 10. The molecule has 0 aliphatic rings. The summed E-state index contributed by atoms with van der Waals surface area (Å²) in [6.45, 7) is 0.895. The molecule has 0 unspecified atom stereocenters. The molecule has 0 bridgehead atoms. The second kappa shape index (κ2) is 13.1. The molecular formula is C34H27BrFN7O2. The van der Waals surface area contributed by atoms with Crippen LogP contribution in [0.3, 0.4) is 0 Å². The molecule has 0 aliphatic heterocycles. The van der Waals surface area contributed by atoms with Gasteiger partial charge in [-0.3, -0.25) is 4.98 Å². The zero-order chi connectivity index (χ0) is 31.3. The van der Waals surface area contributed by atoms with Crippen molar-refractivity contribution in [1.82, 2.24) is 24.6 Å². The highest BCUT2D eigenvalue weighted by molar-refractivity contribution is 9.10. The van der Waals surface area contributed by atoms with Crippen molar-refractivity contribution >= 4 is 27.4 Å². The van der Waals surface area contributed by atoms with Crippen LogP contribution in [0.4, 0.5) is 10.2 Å². The quantitative estimate of drug-likeness (QED) is 0.158. The molecule has 0 amide bonds. The third kappa shape index (κ3) is 6.32. The fourth-order valence-electron chi connectivity index (χ4n) is 4.97. The van der Waals surface area contributed by atoms with E-state index in [1.165, 1.54) is 6.07 Å². The molecule has 0 aliphatic carbocycles. The number of halogens is 2. The van der Waals surface area contributed by atoms with E-state index in [1.54, 1.807) is 37.1 Å². The number of hydrogen-bond donors (Lipinski definition) is 0. The van der Waals surface area contributed by atoms with Crippen LogP contribution >= 0.6 is 15.9 Å². The predicted octanol–water partition coefficient (Wildman–Crippen LogP) is 6.77. The minimum Gasteiger partial charge on any atom is -0.497 e. The maximum Gasteiger partial charge on any atom is 0.199 e. The third-order valence-corrected chi connectivity index (χ3v) is 7.97. The summed E-state index contributed by atoms with van der Waals surface area (Å²) < 4.78 is 28.4. The molecule has 0 spiro atoms. The number of nitriles is 1. The molecule has 0 fully saturated rings. The second-order valence-corrected chi connectivity index (χ2v) is 10.9. The Morgan fingerprint density at radius 1 is 0.867 bits per heavy atom. The lowest BCUT2D eigenvalue weighted by Gasteiger charge is -2.25. The molecule has 6 rings (SSSR count). The lowest BCUT2D eigenvalue weighted by molar-refractivity contribution is 0.414. The normalized spacial score (nSPS) is 10.9. The van der Waals surface area contributed by atoms with Gasteiger partial charge >= 0.3 is 0 Å². The molecule has 0 radical (unpaired) electrons. The highest BCUT2D eigenvalue weighted by Gasteiger charge is 2.25. The molecule has 0 saturated carbocycles. The van der Waals surface area contributed by atoms with E-state index in [0.29, 0.717) is 41.4 Å². The van der Waals surface area contributed by atoms with Crippen LogP contribution in [0.5, 0.6) is 11.5 Å². The number of hydrogen-bond acceptors (Lipinski definition) is 8. The molecule has 0 atom stereocenters. The van der Waals surface area contributed by atoms with E-state index >= 15 is 4.39 Å². The van der Waals surface area contributed by atoms with Crippen molar-refractivity contribution in [2.24, 2.45) is 0 Å². The summed E-state index contributed by atoms with van der Waals surface area (Å²) in [5.74, 6) is 1.84. The lowest BCUT2D eigenvalue weighted by atomic mass is 10.1. The van der Waals surface area contributed by atoms with Crippen LogP contribution in [0, 0.1) is 17.1 Å². The van der Waals surface area contributed by atoms with Crippen LogP contribution in [0.25, 0.3) is 16.9 Å². The number of anilines is 1. The van der Waals surface area contributed by atoms with Crippen LogP contribution in [-0.4, -0.2) is 38.8 Å². The van der Waals surface area contributed by atoms with Gasteiger partial charge in [0.25, 0.3) is 0 Å². The van der Waals surface area contributed by atoms with Crippen molar-refractivity contribution < 1.29 is 13.9 Å². The van der Waals surface area contributed by atoms with Gasteiger partial charge in [0.2, 0.25) is 0 Å². The molecule has 6 aromatic rings. The van der Waals surface area contributed by atoms with Gasteiger partial charge in [-0.15, -0.1) is 5.10 Å². The lowest BCUT2D eigenvalue weighted by Crippen LogP contribution is -2.24. The van der Waals surface area contributed by atoms with Gasteiger partial charge in [0, 0.05) is 30.5 Å². The monoisotopic (exact) mass is 663 g/mol. The van der Waals surface area contributed by atoms with E-state index in [2.05, 4.69) is 25.8 Å². The minimum atomic E-state index is -0.663. The highest BCUT2D eigenvalue weighted by Crippen LogP contribution is 2.35. The van der Waals surface area contributed by atoms with Crippen molar-refractivity contribution in [3.63, 3.8) is 0 Å². The maximum atomic E-state index is 15.6. The number of nitrogens with zero attached hydrogens (tertiary/aromatic N) is 7. The van der Waals surface area contributed by atoms with Crippen molar-refractivity contribution in [2.45, 2.75) is 19.5 Å². The first kappa shape index (κ1) is 29.7. The zero-order valence-electron chi connectivity index (χ0n) is 24.5. The van der Waals surface area contributed by atoms with Gasteiger partial charge in [-0.2, -0.15) is 5.26 Å². The molecule has 3 aromatic heterocycles. The Labute approximate surface area is 267 Å². The van der Waals surface area contributed by atoms with Gasteiger partial charge in [0.05, 0.1) is 26.2 Å². The topological polar surface area (TPSA) is 101 Å². The van der Waals surface area contributed by atoms with Gasteiger partial charge < -0.3 is 14.4 Å². The Morgan fingerprint density at radius 3 is 2.11 bits per heavy atom. The minimum absolute atomic E-state index is 0.0781. The first-order chi connectivity index (χ1) is 22.0.